The predicted molar refractivity (Wildman–Crippen MR) is 60.8 cm³/mol. The average Bonchev–Trinajstić information content (AvgIpc) is 2.21. The molecule has 82 valence electrons. The number of nitrogens with two attached hydrogens (primary N) is 1. The second-order valence-corrected chi connectivity index (χ2v) is 3.71. The Bertz CT molecular complexity index is 352. The lowest BCUT2D eigenvalue weighted by atomic mass is 10.1. The van der Waals surface area contributed by atoms with Crippen molar-refractivity contribution in [2.45, 2.75) is 19.3 Å². The van der Waals surface area contributed by atoms with Crippen LogP contribution in [0.15, 0.2) is 18.2 Å². The first-order valence-electron chi connectivity index (χ1n) is 4.74. The van der Waals surface area contributed by atoms with E-state index >= 15 is 0 Å². The fourth-order valence-corrected chi connectivity index (χ4v) is 1.50. The number of anilines is 1. The highest BCUT2D eigenvalue weighted by Crippen LogP contribution is 2.19. The molecule has 0 aliphatic carbocycles. The maximum Gasteiger partial charge on any atom is 0.305 e. The number of benzene rings is 1. The Morgan fingerprint density at radius 1 is 1.53 bits per heavy atom. The van der Waals surface area contributed by atoms with E-state index in [-0.39, 0.29) is 5.97 Å². The fourth-order valence-electron chi connectivity index (χ4n) is 1.32. The molecule has 1 aromatic carbocycles. The third kappa shape index (κ3) is 3.80. The van der Waals surface area contributed by atoms with Gasteiger partial charge in [-0.15, -0.1) is 0 Å². The van der Waals surface area contributed by atoms with Gasteiger partial charge in [0.2, 0.25) is 0 Å². The van der Waals surface area contributed by atoms with Crippen LogP contribution in [0.4, 0.5) is 5.69 Å². The van der Waals surface area contributed by atoms with Gasteiger partial charge < -0.3 is 10.5 Å². The van der Waals surface area contributed by atoms with Crippen molar-refractivity contribution in [3.05, 3.63) is 28.8 Å². The summed E-state index contributed by atoms with van der Waals surface area (Å²) in [7, 11) is 1.39. The van der Waals surface area contributed by atoms with Gasteiger partial charge in [-0.1, -0.05) is 17.7 Å². The number of carbonyl (C=O) groups is 1. The van der Waals surface area contributed by atoms with Crippen molar-refractivity contribution in [3.63, 3.8) is 0 Å². The second kappa shape index (κ2) is 5.61. The highest BCUT2D eigenvalue weighted by Gasteiger charge is 2.03. The van der Waals surface area contributed by atoms with Crippen LogP contribution in [0.3, 0.4) is 0 Å². The number of nitrogen functional groups attached to an aromatic ring is 1. The molecule has 0 radical (unpaired) electrons. The van der Waals surface area contributed by atoms with Crippen LogP contribution in [0.25, 0.3) is 0 Å². The van der Waals surface area contributed by atoms with E-state index in [0.29, 0.717) is 17.1 Å². The molecule has 0 atom stereocenters. The van der Waals surface area contributed by atoms with E-state index in [4.69, 9.17) is 17.3 Å². The summed E-state index contributed by atoms with van der Waals surface area (Å²) in [5.74, 6) is -0.192. The molecule has 0 bridgehead atoms. The van der Waals surface area contributed by atoms with E-state index in [1.54, 1.807) is 12.1 Å². The summed E-state index contributed by atoms with van der Waals surface area (Å²) < 4.78 is 4.55. The van der Waals surface area contributed by atoms with Gasteiger partial charge in [-0.2, -0.15) is 0 Å². The molecule has 0 unspecified atom stereocenters. The molecule has 0 saturated carbocycles. The number of ether oxygens (including phenoxy) is 1. The Labute approximate surface area is 94.2 Å². The number of hydrogen-bond acceptors (Lipinski definition) is 3. The molecule has 0 amide bonds. The minimum atomic E-state index is -0.192. The minimum Gasteiger partial charge on any atom is -0.469 e. The van der Waals surface area contributed by atoms with Crippen LogP contribution in [0, 0.1) is 0 Å². The molecule has 4 heteroatoms. The molecule has 0 aliphatic heterocycles. The van der Waals surface area contributed by atoms with E-state index in [1.807, 2.05) is 6.07 Å². The second-order valence-electron chi connectivity index (χ2n) is 3.27. The maximum absolute atomic E-state index is 10.9. The molecule has 2 N–H and O–H groups in total. The Kier molecular flexibility index (Phi) is 4.43. The normalized spacial score (nSPS) is 10.0. The summed E-state index contributed by atoms with van der Waals surface area (Å²) in [5.41, 5.74) is 7.46. The Hall–Kier alpha value is -1.22. The molecule has 1 aromatic rings. The molecule has 0 aliphatic rings. The largest absolute Gasteiger partial charge is 0.469 e. The van der Waals surface area contributed by atoms with Gasteiger partial charge in [0.25, 0.3) is 0 Å². The number of esters is 1. The zero-order valence-corrected chi connectivity index (χ0v) is 9.38. The quantitative estimate of drug-likeness (QED) is 0.635. The van der Waals surface area contributed by atoms with Crippen LogP contribution in [0.2, 0.25) is 5.02 Å². The van der Waals surface area contributed by atoms with E-state index in [9.17, 15) is 4.79 Å². The molecular weight excluding hydrogens is 214 g/mol. The van der Waals surface area contributed by atoms with E-state index in [2.05, 4.69) is 4.74 Å². The number of methoxy groups -OCH3 is 1. The van der Waals surface area contributed by atoms with Crippen LogP contribution < -0.4 is 5.73 Å². The van der Waals surface area contributed by atoms with Gasteiger partial charge in [0, 0.05) is 17.1 Å². The summed E-state index contributed by atoms with van der Waals surface area (Å²) in [4.78, 5) is 10.9. The van der Waals surface area contributed by atoms with Gasteiger partial charge in [0.05, 0.1) is 7.11 Å². The van der Waals surface area contributed by atoms with Crippen molar-refractivity contribution < 1.29 is 9.53 Å². The lowest BCUT2D eigenvalue weighted by Crippen LogP contribution is -2.01. The van der Waals surface area contributed by atoms with E-state index in [0.717, 1.165) is 18.4 Å². The van der Waals surface area contributed by atoms with Crippen LogP contribution in [-0.4, -0.2) is 13.1 Å². The number of aryl methyl sites for hydroxylation is 1. The molecule has 0 fully saturated rings. The third-order valence-electron chi connectivity index (χ3n) is 2.16. The molecule has 1 rings (SSSR count). The molecule has 15 heavy (non-hydrogen) atoms. The standard InChI is InChI=1S/C11H14ClNO2/c1-15-11(14)4-2-3-8-5-6-9(12)7-10(8)13/h5-7H,2-4,13H2,1H3. The Morgan fingerprint density at radius 2 is 2.27 bits per heavy atom. The van der Waals surface area contributed by atoms with Crippen molar-refractivity contribution in [3.8, 4) is 0 Å². The van der Waals surface area contributed by atoms with Crippen LogP contribution >= 0.6 is 11.6 Å². The van der Waals surface area contributed by atoms with E-state index < -0.39 is 0 Å². The first-order chi connectivity index (χ1) is 7.13. The topological polar surface area (TPSA) is 52.3 Å². The summed E-state index contributed by atoms with van der Waals surface area (Å²) in [5, 5.41) is 0.629. The molecular formula is C11H14ClNO2. The van der Waals surface area contributed by atoms with Crippen molar-refractivity contribution >= 4 is 23.3 Å². The Balaban J connectivity index is 2.47. The lowest BCUT2D eigenvalue weighted by Gasteiger charge is -2.05. The fraction of sp³-hybridized carbons (Fsp3) is 0.364. The molecule has 3 nitrogen and oxygen atoms in total. The lowest BCUT2D eigenvalue weighted by molar-refractivity contribution is -0.140. The third-order valence-corrected chi connectivity index (χ3v) is 2.40. The van der Waals surface area contributed by atoms with Gasteiger partial charge >= 0.3 is 5.97 Å². The smallest absolute Gasteiger partial charge is 0.305 e. The van der Waals surface area contributed by atoms with Crippen LogP contribution in [0.5, 0.6) is 0 Å². The number of hydrogen-bond donors (Lipinski definition) is 1. The van der Waals surface area contributed by atoms with Crippen molar-refractivity contribution in [2.75, 3.05) is 12.8 Å². The monoisotopic (exact) mass is 227 g/mol. The summed E-state index contributed by atoms with van der Waals surface area (Å²) in [6, 6.07) is 5.40. The van der Waals surface area contributed by atoms with E-state index in [1.165, 1.54) is 7.11 Å². The molecule has 0 saturated heterocycles. The maximum atomic E-state index is 10.9. The van der Waals surface area contributed by atoms with Crippen molar-refractivity contribution in [1.29, 1.82) is 0 Å². The van der Waals surface area contributed by atoms with Crippen molar-refractivity contribution in [1.82, 2.24) is 0 Å². The predicted octanol–water partition coefficient (Wildman–Crippen LogP) is 2.42. The molecule has 0 heterocycles. The van der Waals surface area contributed by atoms with Gasteiger partial charge in [-0.25, -0.2) is 0 Å². The van der Waals surface area contributed by atoms with Crippen LogP contribution in [-0.2, 0) is 16.0 Å². The zero-order chi connectivity index (χ0) is 11.3. The summed E-state index contributed by atoms with van der Waals surface area (Å²) in [6.07, 6.45) is 1.91. The van der Waals surface area contributed by atoms with Gasteiger partial charge in [0.15, 0.2) is 0 Å². The SMILES string of the molecule is COC(=O)CCCc1ccc(Cl)cc1N. The minimum absolute atomic E-state index is 0.192. The molecule has 0 aromatic heterocycles. The first-order valence-corrected chi connectivity index (χ1v) is 5.12. The summed E-state index contributed by atoms with van der Waals surface area (Å²) in [6.45, 7) is 0. The Morgan fingerprint density at radius 3 is 2.87 bits per heavy atom. The van der Waals surface area contributed by atoms with Gasteiger partial charge in [-0.3, -0.25) is 4.79 Å². The van der Waals surface area contributed by atoms with Gasteiger partial charge in [0.1, 0.15) is 0 Å². The number of halogens is 1. The molecule has 0 spiro atoms. The number of carbonyl (C=O) groups excluding carboxylic acids is 1. The number of rotatable bonds is 4. The highest BCUT2D eigenvalue weighted by atomic mass is 35.5. The van der Waals surface area contributed by atoms with Crippen molar-refractivity contribution in [2.24, 2.45) is 0 Å². The summed E-state index contributed by atoms with van der Waals surface area (Å²) >= 11 is 5.77. The first kappa shape index (κ1) is 11.9. The van der Waals surface area contributed by atoms with Crippen LogP contribution in [0.1, 0.15) is 18.4 Å². The van der Waals surface area contributed by atoms with Gasteiger partial charge in [-0.05, 0) is 30.5 Å². The highest BCUT2D eigenvalue weighted by molar-refractivity contribution is 6.30. The zero-order valence-electron chi connectivity index (χ0n) is 8.63. The average molecular weight is 228 g/mol.